The van der Waals surface area contributed by atoms with E-state index in [4.69, 9.17) is 0 Å². The number of allylic oxidation sites excluding steroid dienone is 8. The molecule has 7 aromatic carbocycles. The van der Waals surface area contributed by atoms with Crippen molar-refractivity contribution in [1.82, 2.24) is 4.57 Å². The zero-order chi connectivity index (χ0) is 39.5. The van der Waals surface area contributed by atoms with Crippen LogP contribution in [0, 0.1) is 0 Å². The average molecular weight is 758 g/mol. The summed E-state index contributed by atoms with van der Waals surface area (Å²) in [5.74, 6) is 0. The van der Waals surface area contributed by atoms with Gasteiger partial charge < -0.3 is 4.57 Å². The molecule has 0 radical (unpaired) electrons. The van der Waals surface area contributed by atoms with Crippen molar-refractivity contribution in [1.29, 1.82) is 0 Å². The molecule has 1 heterocycles. The molecule has 8 aromatic rings. The molecule has 59 heavy (non-hydrogen) atoms. The molecule has 0 bridgehead atoms. The summed E-state index contributed by atoms with van der Waals surface area (Å²) in [6.45, 7) is 4.78. The molecule has 0 amide bonds. The Morgan fingerprint density at radius 2 is 1.05 bits per heavy atom. The number of hydrogen-bond donors (Lipinski definition) is 0. The maximum atomic E-state index is 2.52. The molecule has 0 saturated heterocycles. The Morgan fingerprint density at radius 3 is 1.71 bits per heavy atom. The molecule has 3 aliphatic carbocycles. The molecule has 1 heteroatoms. The first-order chi connectivity index (χ1) is 29.1. The number of hydrogen-bond acceptors (Lipinski definition) is 0. The zero-order valence-corrected chi connectivity index (χ0v) is 33.9. The second-order valence-electron chi connectivity index (χ2n) is 16.7. The highest BCUT2D eigenvalue weighted by Crippen LogP contribution is 2.55. The van der Waals surface area contributed by atoms with Gasteiger partial charge in [0.2, 0.25) is 0 Å². The van der Waals surface area contributed by atoms with E-state index in [1.54, 1.807) is 0 Å². The summed E-state index contributed by atoms with van der Waals surface area (Å²) in [5, 5.41) is 2.67. The van der Waals surface area contributed by atoms with Gasteiger partial charge in [0.15, 0.2) is 0 Å². The number of nitrogens with zero attached hydrogens (tertiary/aromatic N) is 1. The molecule has 1 nitrogen and oxygen atoms in total. The van der Waals surface area contributed by atoms with E-state index in [2.05, 4.69) is 207 Å². The van der Waals surface area contributed by atoms with Gasteiger partial charge in [-0.25, -0.2) is 0 Å². The molecule has 1 aromatic heterocycles. The molecule has 284 valence electrons. The summed E-state index contributed by atoms with van der Waals surface area (Å²) in [5.41, 5.74) is 21.8. The lowest BCUT2D eigenvalue weighted by Gasteiger charge is -2.25. The van der Waals surface area contributed by atoms with Gasteiger partial charge in [0, 0.05) is 21.9 Å². The lowest BCUT2D eigenvalue weighted by molar-refractivity contribution is 0.565. The van der Waals surface area contributed by atoms with E-state index in [1.165, 1.54) is 105 Å². The summed E-state index contributed by atoms with van der Waals surface area (Å²) in [6, 6.07) is 57.3. The Labute approximate surface area is 348 Å². The Hall–Kier alpha value is -6.70. The third kappa shape index (κ3) is 5.91. The average Bonchev–Trinajstić information content (AvgIpc) is 3.79. The summed E-state index contributed by atoms with van der Waals surface area (Å²) < 4.78 is 2.52. The fourth-order valence-electron chi connectivity index (χ4n) is 10.1. The van der Waals surface area contributed by atoms with Crippen molar-refractivity contribution in [3.8, 4) is 55.6 Å². The second kappa shape index (κ2) is 14.3. The molecule has 0 N–H and O–H groups in total. The quantitative estimate of drug-likeness (QED) is 0.153. The van der Waals surface area contributed by atoms with Crippen molar-refractivity contribution in [3.05, 3.63) is 205 Å². The smallest absolute Gasteiger partial charge is 0.0547 e. The van der Waals surface area contributed by atoms with Crippen LogP contribution >= 0.6 is 0 Å². The van der Waals surface area contributed by atoms with Crippen LogP contribution in [0.15, 0.2) is 188 Å². The first-order valence-corrected chi connectivity index (χ1v) is 21.4. The van der Waals surface area contributed by atoms with Crippen molar-refractivity contribution in [2.45, 2.75) is 51.4 Å². The number of benzene rings is 7. The molecule has 0 saturated carbocycles. The fraction of sp³-hybridized carbons (Fsp3) is 0.138. The maximum Gasteiger partial charge on any atom is 0.0547 e. The Balaban J connectivity index is 1.12. The molecule has 3 aliphatic rings. The predicted octanol–water partition coefficient (Wildman–Crippen LogP) is 16.1. The molecular formula is C58H47N. The summed E-state index contributed by atoms with van der Waals surface area (Å²) >= 11 is 0. The lowest BCUT2D eigenvalue weighted by atomic mass is 9.78. The van der Waals surface area contributed by atoms with Gasteiger partial charge in [-0.3, -0.25) is 0 Å². The maximum absolute atomic E-state index is 2.52. The summed E-state index contributed by atoms with van der Waals surface area (Å²) in [4.78, 5) is 0. The van der Waals surface area contributed by atoms with E-state index < -0.39 is 0 Å². The van der Waals surface area contributed by atoms with Gasteiger partial charge in [-0.15, -0.1) is 0 Å². The van der Waals surface area contributed by atoms with E-state index >= 15 is 0 Å². The number of aromatic nitrogens is 1. The minimum Gasteiger partial charge on any atom is -0.310 e. The molecule has 1 atom stereocenters. The van der Waals surface area contributed by atoms with E-state index in [-0.39, 0.29) is 5.41 Å². The first-order valence-electron chi connectivity index (χ1n) is 21.4. The van der Waals surface area contributed by atoms with Crippen molar-refractivity contribution < 1.29 is 0 Å². The van der Waals surface area contributed by atoms with Crippen molar-refractivity contribution in [2.24, 2.45) is 0 Å². The standard InChI is InChI=1S/C58H47N/c1-3-58(2)52-22-14-13-21-50(52)56-53(58)32-34-55-57(56)51-38-45(31-33-54(51)59(55)49-19-11-6-12-20-49)48-36-46(43-27-23-41(24-28-43)39-15-7-4-8-16-39)35-47(37-48)44-29-25-42(26-30-44)40-17-9-5-10-18-40/h4,7-9,11,13-38H,3,5-6,10,12H2,1-2H3. The topological polar surface area (TPSA) is 4.93 Å². The van der Waals surface area contributed by atoms with Gasteiger partial charge in [-0.1, -0.05) is 159 Å². The van der Waals surface area contributed by atoms with E-state index in [9.17, 15) is 0 Å². The third-order valence-electron chi connectivity index (χ3n) is 13.4. The van der Waals surface area contributed by atoms with Gasteiger partial charge in [0.25, 0.3) is 0 Å². The predicted molar refractivity (Wildman–Crippen MR) is 252 cm³/mol. The van der Waals surface area contributed by atoms with E-state index in [0.29, 0.717) is 0 Å². The summed E-state index contributed by atoms with van der Waals surface area (Å²) in [7, 11) is 0. The SMILES string of the molecule is CCC1(C)c2ccccc2-c2c1ccc1c2c2cc(-c3cc(-c4ccc(C5=CCCC=C5)cc4)cc(-c4ccc(-c5ccccc5)cc4)c3)ccc2n1C1=CCCC=C1. The molecule has 0 spiro atoms. The monoisotopic (exact) mass is 757 g/mol. The highest BCUT2D eigenvalue weighted by molar-refractivity contribution is 6.19. The van der Waals surface area contributed by atoms with E-state index in [0.717, 1.165) is 32.1 Å². The molecule has 0 fully saturated rings. The van der Waals surface area contributed by atoms with Crippen molar-refractivity contribution >= 4 is 33.1 Å². The van der Waals surface area contributed by atoms with Crippen LogP contribution in [-0.4, -0.2) is 4.57 Å². The van der Waals surface area contributed by atoms with Crippen LogP contribution in [0.3, 0.4) is 0 Å². The normalized spacial score (nSPS) is 16.9. The van der Waals surface area contributed by atoms with Gasteiger partial charge in [-0.2, -0.15) is 0 Å². The minimum absolute atomic E-state index is 0.0329. The van der Waals surface area contributed by atoms with Crippen molar-refractivity contribution in [2.75, 3.05) is 0 Å². The molecule has 1 unspecified atom stereocenters. The highest BCUT2D eigenvalue weighted by atomic mass is 15.0. The summed E-state index contributed by atoms with van der Waals surface area (Å²) in [6.07, 6.45) is 19.4. The van der Waals surface area contributed by atoms with Crippen LogP contribution in [0.1, 0.15) is 62.6 Å². The van der Waals surface area contributed by atoms with Gasteiger partial charge in [0.1, 0.15) is 0 Å². The van der Waals surface area contributed by atoms with E-state index in [1.807, 2.05) is 0 Å². The van der Waals surface area contributed by atoms with Gasteiger partial charge in [-0.05, 0) is 152 Å². The van der Waals surface area contributed by atoms with Gasteiger partial charge in [0.05, 0.1) is 11.0 Å². The second-order valence-corrected chi connectivity index (χ2v) is 16.7. The largest absolute Gasteiger partial charge is 0.310 e. The third-order valence-corrected chi connectivity index (χ3v) is 13.4. The minimum atomic E-state index is -0.0329. The first kappa shape index (κ1) is 35.5. The Morgan fingerprint density at radius 1 is 0.475 bits per heavy atom. The van der Waals surface area contributed by atoms with Crippen LogP contribution in [-0.2, 0) is 5.41 Å². The van der Waals surface area contributed by atoms with Crippen molar-refractivity contribution in [3.63, 3.8) is 0 Å². The molecule has 11 rings (SSSR count). The van der Waals surface area contributed by atoms with Crippen LogP contribution in [0.5, 0.6) is 0 Å². The fourth-order valence-corrected chi connectivity index (χ4v) is 10.1. The van der Waals surface area contributed by atoms with Crippen LogP contribution in [0.2, 0.25) is 0 Å². The number of rotatable bonds is 7. The van der Waals surface area contributed by atoms with Crippen LogP contribution in [0.4, 0.5) is 0 Å². The molecule has 0 aliphatic heterocycles. The molecular weight excluding hydrogens is 711 g/mol. The van der Waals surface area contributed by atoms with Gasteiger partial charge >= 0.3 is 0 Å². The van der Waals surface area contributed by atoms with Crippen LogP contribution < -0.4 is 0 Å². The Kier molecular flexibility index (Phi) is 8.59. The number of fused-ring (bicyclic) bond motifs is 7. The zero-order valence-electron chi connectivity index (χ0n) is 33.9. The highest BCUT2D eigenvalue weighted by Gasteiger charge is 2.39. The lowest BCUT2D eigenvalue weighted by Crippen LogP contribution is -2.18. The Bertz CT molecular complexity index is 3060. The van der Waals surface area contributed by atoms with Crippen LogP contribution in [0.25, 0.3) is 88.7 Å².